The maximum absolute atomic E-state index is 13.1. The van der Waals surface area contributed by atoms with Crippen LogP contribution in [0.1, 0.15) is 25.3 Å². The highest BCUT2D eigenvalue weighted by Crippen LogP contribution is 2.22. The Hall–Kier alpha value is -2.37. The van der Waals surface area contributed by atoms with Crippen molar-refractivity contribution in [3.8, 4) is 5.75 Å². The number of amides is 1. The van der Waals surface area contributed by atoms with Crippen molar-refractivity contribution in [1.82, 2.24) is 4.90 Å². The van der Waals surface area contributed by atoms with Crippen LogP contribution in [-0.4, -0.2) is 50.3 Å². The Bertz CT molecular complexity index is 745. The van der Waals surface area contributed by atoms with Gasteiger partial charge in [0, 0.05) is 37.5 Å². The van der Waals surface area contributed by atoms with Crippen molar-refractivity contribution < 1.29 is 14.3 Å². The van der Waals surface area contributed by atoms with Crippen LogP contribution in [0.5, 0.6) is 5.75 Å². The molecule has 5 heteroatoms. The molecular weight excluding hydrogens is 352 g/mol. The van der Waals surface area contributed by atoms with Gasteiger partial charge in [0.05, 0.1) is 19.8 Å². The molecule has 28 heavy (non-hydrogen) atoms. The summed E-state index contributed by atoms with van der Waals surface area (Å²) in [5, 5.41) is 0. The first-order chi connectivity index (χ1) is 13.7. The van der Waals surface area contributed by atoms with Gasteiger partial charge in [-0.2, -0.15) is 0 Å². The van der Waals surface area contributed by atoms with Crippen LogP contribution in [0, 0.1) is 0 Å². The van der Waals surface area contributed by atoms with E-state index in [0.29, 0.717) is 19.6 Å². The van der Waals surface area contributed by atoms with Gasteiger partial charge in [-0.25, -0.2) is 0 Å². The zero-order chi connectivity index (χ0) is 19.8. The van der Waals surface area contributed by atoms with Crippen molar-refractivity contribution in [2.45, 2.75) is 32.4 Å². The summed E-state index contributed by atoms with van der Waals surface area (Å²) in [5.41, 5.74) is 2.02. The number of para-hydroxylation sites is 2. The number of benzene rings is 2. The van der Waals surface area contributed by atoms with Gasteiger partial charge in [-0.1, -0.05) is 36.4 Å². The molecule has 5 nitrogen and oxygen atoms in total. The van der Waals surface area contributed by atoms with Crippen LogP contribution < -0.4 is 9.64 Å². The van der Waals surface area contributed by atoms with E-state index in [1.54, 1.807) is 7.11 Å². The fourth-order valence-electron chi connectivity index (χ4n) is 3.72. The van der Waals surface area contributed by atoms with E-state index < -0.39 is 0 Å². The van der Waals surface area contributed by atoms with Gasteiger partial charge in [-0.05, 0) is 38.0 Å². The van der Waals surface area contributed by atoms with E-state index in [0.717, 1.165) is 43.0 Å². The maximum atomic E-state index is 13.1. The highest BCUT2D eigenvalue weighted by molar-refractivity contribution is 5.94. The molecule has 150 valence electrons. The topological polar surface area (TPSA) is 42.0 Å². The second kappa shape index (κ2) is 10.2. The molecule has 0 spiro atoms. The van der Waals surface area contributed by atoms with Gasteiger partial charge in [0.25, 0.3) is 0 Å². The Morgan fingerprint density at radius 2 is 1.89 bits per heavy atom. The van der Waals surface area contributed by atoms with Gasteiger partial charge in [-0.15, -0.1) is 0 Å². The third-order valence-electron chi connectivity index (χ3n) is 5.12. The molecule has 2 aromatic carbocycles. The normalized spacial score (nSPS) is 16.3. The minimum absolute atomic E-state index is 0.0987. The second-order valence-electron chi connectivity index (χ2n) is 7.09. The van der Waals surface area contributed by atoms with E-state index in [-0.39, 0.29) is 12.0 Å². The van der Waals surface area contributed by atoms with Crippen LogP contribution in [0.2, 0.25) is 0 Å². The van der Waals surface area contributed by atoms with Crippen molar-refractivity contribution in [3.63, 3.8) is 0 Å². The van der Waals surface area contributed by atoms with Gasteiger partial charge >= 0.3 is 0 Å². The predicted molar refractivity (Wildman–Crippen MR) is 112 cm³/mol. The lowest BCUT2D eigenvalue weighted by molar-refractivity contribution is -0.120. The van der Waals surface area contributed by atoms with Gasteiger partial charge in [0.2, 0.25) is 5.91 Å². The average Bonchev–Trinajstić information content (AvgIpc) is 3.23. The van der Waals surface area contributed by atoms with Gasteiger partial charge in [-0.3, -0.25) is 9.69 Å². The minimum atomic E-state index is 0.0987. The van der Waals surface area contributed by atoms with Crippen molar-refractivity contribution >= 4 is 11.6 Å². The molecule has 1 unspecified atom stereocenters. The average molecular weight is 383 g/mol. The van der Waals surface area contributed by atoms with E-state index in [2.05, 4.69) is 11.0 Å². The van der Waals surface area contributed by atoms with Crippen molar-refractivity contribution in [3.05, 3.63) is 60.2 Å². The summed E-state index contributed by atoms with van der Waals surface area (Å²) >= 11 is 0. The lowest BCUT2D eigenvalue weighted by atomic mass is 10.1. The molecule has 1 heterocycles. The highest BCUT2D eigenvalue weighted by Gasteiger charge is 2.24. The largest absolute Gasteiger partial charge is 0.496 e. The van der Waals surface area contributed by atoms with E-state index in [9.17, 15) is 4.79 Å². The van der Waals surface area contributed by atoms with Crippen LogP contribution >= 0.6 is 0 Å². The van der Waals surface area contributed by atoms with Gasteiger partial charge in [0.1, 0.15) is 5.75 Å². The Kier molecular flexibility index (Phi) is 7.46. The Labute approximate surface area is 167 Å². The van der Waals surface area contributed by atoms with E-state index in [1.165, 1.54) is 0 Å². The molecule has 1 saturated heterocycles. The third-order valence-corrected chi connectivity index (χ3v) is 5.12. The fourth-order valence-corrected chi connectivity index (χ4v) is 3.72. The van der Waals surface area contributed by atoms with Crippen molar-refractivity contribution in [2.75, 3.05) is 38.3 Å². The van der Waals surface area contributed by atoms with Crippen molar-refractivity contribution in [1.29, 1.82) is 0 Å². The first kappa shape index (κ1) is 20.4. The smallest absolute Gasteiger partial charge is 0.241 e. The first-order valence-electron chi connectivity index (χ1n) is 10.0. The summed E-state index contributed by atoms with van der Waals surface area (Å²) in [6, 6.07) is 17.8. The number of hydrogen-bond acceptors (Lipinski definition) is 4. The number of hydrogen-bond donors (Lipinski definition) is 0. The molecule has 1 aliphatic rings. The molecule has 1 aliphatic heterocycles. The van der Waals surface area contributed by atoms with Crippen LogP contribution in [0.15, 0.2) is 54.6 Å². The molecule has 0 bridgehead atoms. The summed E-state index contributed by atoms with van der Waals surface area (Å²) in [7, 11) is 1.68. The SMILES string of the molecule is CCN(C(=O)CN(Cc1ccccc1OC)CC1CCCO1)c1ccccc1. The Balaban J connectivity index is 1.74. The van der Waals surface area contributed by atoms with Gasteiger partial charge < -0.3 is 14.4 Å². The van der Waals surface area contributed by atoms with E-state index in [1.807, 2.05) is 60.4 Å². The quantitative estimate of drug-likeness (QED) is 0.663. The number of carbonyl (C=O) groups is 1. The molecule has 0 saturated carbocycles. The molecular formula is C23H30N2O3. The molecule has 0 radical (unpaired) electrons. The minimum Gasteiger partial charge on any atom is -0.496 e. The number of likely N-dealkylation sites (N-methyl/N-ethyl adjacent to an activating group) is 1. The molecule has 2 aromatic rings. The standard InChI is InChI=1S/C23H30N2O3/c1-3-25(20-11-5-4-6-12-20)23(26)18-24(17-21-13-9-15-28-21)16-19-10-7-8-14-22(19)27-2/h4-8,10-12,14,21H,3,9,13,15-18H2,1-2H3. The number of methoxy groups -OCH3 is 1. The van der Waals surface area contributed by atoms with E-state index >= 15 is 0 Å². The van der Waals surface area contributed by atoms with Gasteiger partial charge in [0.15, 0.2) is 0 Å². The lowest BCUT2D eigenvalue weighted by Gasteiger charge is -2.29. The monoisotopic (exact) mass is 382 g/mol. The highest BCUT2D eigenvalue weighted by atomic mass is 16.5. The zero-order valence-corrected chi connectivity index (χ0v) is 16.8. The van der Waals surface area contributed by atoms with Crippen LogP contribution in [-0.2, 0) is 16.1 Å². The Morgan fingerprint density at radius 3 is 2.57 bits per heavy atom. The zero-order valence-electron chi connectivity index (χ0n) is 16.8. The van der Waals surface area contributed by atoms with E-state index in [4.69, 9.17) is 9.47 Å². The molecule has 0 aromatic heterocycles. The molecule has 0 N–H and O–H groups in total. The summed E-state index contributed by atoms with van der Waals surface area (Å²) in [6.07, 6.45) is 2.33. The second-order valence-corrected chi connectivity index (χ2v) is 7.09. The number of nitrogens with zero attached hydrogens (tertiary/aromatic N) is 2. The lowest BCUT2D eigenvalue weighted by Crippen LogP contribution is -2.42. The molecule has 1 fully saturated rings. The molecule has 3 rings (SSSR count). The number of rotatable bonds is 9. The summed E-state index contributed by atoms with van der Waals surface area (Å²) in [4.78, 5) is 17.1. The van der Waals surface area contributed by atoms with Crippen LogP contribution in [0.25, 0.3) is 0 Å². The first-order valence-corrected chi connectivity index (χ1v) is 10.0. The number of carbonyl (C=O) groups excluding carboxylic acids is 1. The number of ether oxygens (including phenoxy) is 2. The summed E-state index contributed by atoms with van der Waals surface area (Å²) < 4.78 is 11.3. The molecule has 0 aliphatic carbocycles. The fraction of sp³-hybridized carbons (Fsp3) is 0.435. The summed E-state index contributed by atoms with van der Waals surface area (Å²) in [5.74, 6) is 0.948. The van der Waals surface area contributed by atoms with Crippen molar-refractivity contribution in [2.24, 2.45) is 0 Å². The van der Waals surface area contributed by atoms with Crippen LogP contribution in [0.3, 0.4) is 0 Å². The number of anilines is 1. The molecule has 1 atom stereocenters. The third kappa shape index (κ3) is 5.33. The predicted octanol–water partition coefficient (Wildman–Crippen LogP) is 3.73. The Morgan fingerprint density at radius 1 is 1.14 bits per heavy atom. The summed E-state index contributed by atoms with van der Waals surface area (Å²) in [6.45, 7) is 5.21. The molecule has 1 amide bonds. The van der Waals surface area contributed by atoms with Crippen LogP contribution in [0.4, 0.5) is 5.69 Å². The maximum Gasteiger partial charge on any atom is 0.241 e.